The second-order valence-electron chi connectivity index (χ2n) is 2.96. The number of hydrogen-bond acceptors (Lipinski definition) is 4. The smallest absolute Gasteiger partial charge is 0.0701 e. The van der Waals surface area contributed by atoms with Crippen LogP contribution in [0.2, 0.25) is 0 Å². The molecule has 0 saturated carbocycles. The quantitative estimate of drug-likeness (QED) is 0.432. The second kappa shape index (κ2) is 14.3. The van der Waals surface area contributed by atoms with Crippen LogP contribution in [0.1, 0.15) is 12.8 Å². The SMILES string of the molecule is OCCOCCOCCOCCCCBr. The largest absolute Gasteiger partial charge is 0.394 e. The lowest BCUT2D eigenvalue weighted by Crippen LogP contribution is -2.11. The fourth-order valence-corrected chi connectivity index (χ4v) is 1.30. The minimum absolute atomic E-state index is 0.0662. The molecule has 0 aliphatic heterocycles. The highest BCUT2D eigenvalue weighted by atomic mass is 79.9. The van der Waals surface area contributed by atoms with Crippen LogP contribution in [-0.4, -0.2) is 56.7 Å². The van der Waals surface area contributed by atoms with Crippen LogP contribution in [0.5, 0.6) is 0 Å². The van der Waals surface area contributed by atoms with Crippen LogP contribution < -0.4 is 0 Å². The van der Waals surface area contributed by atoms with Crippen molar-refractivity contribution in [2.45, 2.75) is 12.8 Å². The third-order valence-electron chi connectivity index (χ3n) is 1.65. The number of ether oxygens (including phenoxy) is 3. The summed E-state index contributed by atoms with van der Waals surface area (Å²) in [6, 6.07) is 0. The van der Waals surface area contributed by atoms with E-state index in [2.05, 4.69) is 15.9 Å². The topological polar surface area (TPSA) is 47.9 Å². The van der Waals surface area contributed by atoms with Gasteiger partial charge in [-0.1, -0.05) is 15.9 Å². The molecule has 0 aliphatic carbocycles. The second-order valence-corrected chi connectivity index (χ2v) is 3.75. The first-order valence-corrected chi connectivity index (χ1v) is 6.44. The van der Waals surface area contributed by atoms with Gasteiger partial charge in [0, 0.05) is 11.9 Å². The van der Waals surface area contributed by atoms with E-state index in [1.54, 1.807) is 0 Å². The molecule has 0 atom stereocenters. The van der Waals surface area contributed by atoms with Gasteiger partial charge in [-0.3, -0.25) is 0 Å². The molecular weight excluding hydrogens is 264 g/mol. The highest BCUT2D eigenvalue weighted by Crippen LogP contribution is 1.93. The summed E-state index contributed by atoms with van der Waals surface area (Å²) in [4.78, 5) is 0. The van der Waals surface area contributed by atoms with Crippen molar-refractivity contribution in [3.63, 3.8) is 0 Å². The Balaban J connectivity index is 2.81. The molecule has 5 heteroatoms. The summed E-state index contributed by atoms with van der Waals surface area (Å²) in [6.45, 7) is 3.59. The number of unbranched alkanes of at least 4 members (excludes halogenated alkanes) is 1. The van der Waals surface area contributed by atoms with Crippen molar-refractivity contribution in [2.75, 3.05) is 51.6 Å². The molecule has 92 valence electrons. The Bertz CT molecular complexity index is 102. The zero-order chi connectivity index (χ0) is 11.2. The van der Waals surface area contributed by atoms with Crippen molar-refractivity contribution < 1.29 is 19.3 Å². The van der Waals surface area contributed by atoms with Crippen LogP contribution in [0.3, 0.4) is 0 Å². The van der Waals surface area contributed by atoms with E-state index >= 15 is 0 Å². The van der Waals surface area contributed by atoms with Crippen LogP contribution in [0.25, 0.3) is 0 Å². The zero-order valence-corrected chi connectivity index (χ0v) is 10.7. The molecule has 0 spiro atoms. The maximum Gasteiger partial charge on any atom is 0.0701 e. The van der Waals surface area contributed by atoms with Crippen LogP contribution >= 0.6 is 15.9 Å². The van der Waals surface area contributed by atoms with Crippen molar-refractivity contribution in [3.8, 4) is 0 Å². The van der Waals surface area contributed by atoms with Gasteiger partial charge in [0.2, 0.25) is 0 Å². The average Bonchev–Trinajstić information content (AvgIpc) is 2.26. The van der Waals surface area contributed by atoms with Crippen molar-refractivity contribution in [2.24, 2.45) is 0 Å². The van der Waals surface area contributed by atoms with E-state index in [9.17, 15) is 0 Å². The summed E-state index contributed by atoms with van der Waals surface area (Å²) < 4.78 is 15.6. The average molecular weight is 285 g/mol. The van der Waals surface area contributed by atoms with Gasteiger partial charge in [0.05, 0.1) is 39.6 Å². The molecule has 0 unspecified atom stereocenters. The summed E-state index contributed by atoms with van der Waals surface area (Å²) in [6.07, 6.45) is 2.24. The van der Waals surface area contributed by atoms with Crippen LogP contribution in [0, 0.1) is 0 Å². The Hall–Kier alpha value is 0.320. The van der Waals surface area contributed by atoms with E-state index in [4.69, 9.17) is 19.3 Å². The van der Waals surface area contributed by atoms with Crippen molar-refractivity contribution >= 4 is 15.9 Å². The highest BCUT2D eigenvalue weighted by Gasteiger charge is 1.91. The predicted octanol–water partition coefficient (Wildman–Crippen LogP) is 1.20. The van der Waals surface area contributed by atoms with Crippen molar-refractivity contribution in [3.05, 3.63) is 0 Å². The molecule has 0 amide bonds. The maximum absolute atomic E-state index is 8.42. The molecule has 0 saturated heterocycles. The number of aliphatic hydroxyl groups excluding tert-OH is 1. The standard InChI is InChI=1S/C10H21BrO4/c11-3-1-2-5-13-7-9-15-10-8-14-6-4-12/h12H,1-10H2. The highest BCUT2D eigenvalue weighted by molar-refractivity contribution is 9.09. The third kappa shape index (κ3) is 14.3. The summed E-state index contributed by atoms with van der Waals surface area (Å²) in [5.74, 6) is 0. The Morgan fingerprint density at radius 1 is 0.733 bits per heavy atom. The Labute approximate surface area is 100 Å². The number of alkyl halides is 1. The van der Waals surface area contributed by atoms with Crippen LogP contribution in [-0.2, 0) is 14.2 Å². The van der Waals surface area contributed by atoms with Gasteiger partial charge in [0.15, 0.2) is 0 Å². The van der Waals surface area contributed by atoms with E-state index in [1.807, 2.05) is 0 Å². The molecule has 0 aliphatic rings. The molecular formula is C10H21BrO4. The number of halogens is 1. The summed E-state index contributed by atoms with van der Waals surface area (Å²) >= 11 is 3.36. The Morgan fingerprint density at radius 3 is 1.80 bits per heavy atom. The normalized spacial score (nSPS) is 10.8. The summed E-state index contributed by atoms with van der Waals surface area (Å²) in [7, 11) is 0. The van der Waals surface area contributed by atoms with Crippen LogP contribution in [0.4, 0.5) is 0 Å². The maximum atomic E-state index is 8.42. The minimum Gasteiger partial charge on any atom is -0.394 e. The van der Waals surface area contributed by atoms with Gasteiger partial charge in [0.25, 0.3) is 0 Å². The van der Waals surface area contributed by atoms with E-state index in [0.29, 0.717) is 33.0 Å². The fraction of sp³-hybridized carbons (Fsp3) is 1.00. The minimum atomic E-state index is 0.0662. The first-order valence-electron chi connectivity index (χ1n) is 5.32. The molecule has 0 aromatic carbocycles. The van der Waals surface area contributed by atoms with E-state index in [-0.39, 0.29) is 6.61 Å². The van der Waals surface area contributed by atoms with Gasteiger partial charge in [-0.05, 0) is 12.8 Å². The number of rotatable bonds is 12. The number of aliphatic hydroxyl groups is 1. The number of hydrogen-bond donors (Lipinski definition) is 1. The molecule has 15 heavy (non-hydrogen) atoms. The first kappa shape index (κ1) is 15.3. The van der Waals surface area contributed by atoms with Gasteiger partial charge in [-0.2, -0.15) is 0 Å². The Kier molecular flexibility index (Phi) is 14.6. The molecule has 0 radical (unpaired) electrons. The zero-order valence-electron chi connectivity index (χ0n) is 9.12. The van der Waals surface area contributed by atoms with Gasteiger partial charge in [0.1, 0.15) is 0 Å². The molecule has 0 heterocycles. The fourth-order valence-electron chi connectivity index (χ4n) is 0.905. The molecule has 0 rings (SSSR count). The molecule has 0 aromatic rings. The summed E-state index contributed by atoms with van der Waals surface area (Å²) in [5.41, 5.74) is 0. The van der Waals surface area contributed by atoms with Gasteiger partial charge < -0.3 is 19.3 Å². The van der Waals surface area contributed by atoms with Crippen LogP contribution in [0.15, 0.2) is 0 Å². The van der Waals surface area contributed by atoms with Gasteiger partial charge in [-0.15, -0.1) is 0 Å². The van der Waals surface area contributed by atoms with E-state index in [0.717, 1.165) is 24.8 Å². The Morgan fingerprint density at radius 2 is 1.27 bits per heavy atom. The van der Waals surface area contributed by atoms with Gasteiger partial charge >= 0.3 is 0 Å². The van der Waals surface area contributed by atoms with Crippen molar-refractivity contribution in [1.29, 1.82) is 0 Å². The van der Waals surface area contributed by atoms with Gasteiger partial charge in [-0.25, -0.2) is 0 Å². The lowest BCUT2D eigenvalue weighted by Gasteiger charge is -2.05. The molecule has 1 N–H and O–H groups in total. The lowest BCUT2D eigenvalue weighted by atomic mass is 10.4. The predicted molar refractivity (Wildman–Crippen MR) is 62.6 cm³/mol. The lowest BCUT2D eigenvalue weighted by molar-refractivity contribution is 0.00738. The molecule has 0 aromatic heterocycles. The molecule has 0 bridgehead atoms. The van der Waals surface area contributed by atoms with E-state index in [1.165, 1.54) is 0 Å². The summed E-state index contributed by atoms with van der Waals surface area (Å²) in [5, 5.41) is 9.46. The third-order valence-corrected chi connectivity index (χ3v) is 2.21. The van der Waals surface area contributed by atoms with E-state index < -0.39 is 0 Å². The van der Waals surface area contributed by atoms with Crippen molar-refractivity contribution in [1.82, 2.24) is 0 Å². The first-order chi connectivity index (χ1) is 7.41. The monoisotopic (exact) mass is 284 g/mol. The molecule has 0 fully saturated rings. The molecule has 4 nitrogen and oxygen atoms in total.